The molecule has 0 radical (unpaired) electrons. The molecule has 0 aliphatic rings. The summed E-state index contributed by atoms with van der Waals surface area (Å²) in [6.45, 7) is 4.13. The molecule has 0 heterocycles. The Hall–Kier alpha value is -2.29. The molecule has 1 unspecified atom stereocenters. The SMILES string of the molecule is CCCCCCCC/C=C/CCCCCC(=O)OC[C@H](COP(=O)([O-])OCC[N+](C)(C)C)OC(=O)CCC/C=C/C/C=C/C/C=C/C/C=C/CCCCCCCCC. The molecule has 0 spiro atoms. The number of unbranched alkanes of at least 4 members (excludes halogenated alkanes) is 17. The predicted octanol–water partition coefficient (Wildman–Crippen LogP) is 12.6. The number of quaternary nitrogens is 1. The van der Waals surface area contributed by atoms with Crippen LogP contribution in [0.4, 0.5) is 0 Å². The van der Waals surface area contributed by atoms with Gasteiger partial charge in [-0.25, -0.2) is 0 Å². The van der Waals surface area contributed by atoms with Crippen LogP contribution in [0.2, 0.25) is 0 Å². The van der Waals surface area contributed by atoms with Gasteiger partial charge in [0.25, 0.3) is 7.82 Å². The lowest BCUT2D eigenvalue weighted by atomic mass is 10.1. The third kappa shape index (κ3) is 43.3. The second kappa shape index (κ2) is 40.1. The number of phosphoric ester groups is 1. The molecule has 0 saturated heterocycles. The number of ether oxygens (including phenoxy) is 2. The van der Waals surface area contributed by atoms with Crippen LogP contribution in [-0.2, 0) is 32.7 Å². The van der Waals surface area contributed by atoms with Crippen molar-refractivity contribution in [1.29, 1.82) is 0 Å². The van der Waals surface area contributed by atoms with Crippen LogP contribution < -0.4 is 4.89 Å². The Labute approximate surface area is 356 Å². The van der Waals surface area contributed by atoms with Crippen molar-refractivity contribution in [3.63, 3.8) is 0 Å². The van der Waals surface area contributed by atoms with E-state index in [1.165, 1.54) is 89.9 Å². The standard InChI is InChI=1S/C48H86NO8P/c1-6-8-10-12-14-16-18-20-21-22-23-24-25-26-27-29-31-33-35-37-39-41-48(51)57-46(45-56-58(52,53)55-43-42-49(3,4)5)44-54-47(50)40-38-36-34-32-30-28-19-17-15-13-11-9-7-2/h21-22,24-25,27-30,33,35,46H,6-20,23,26,31-32,34,36-45H2,1-5H3/b22-21+,25-24+,29-27+,30-28+,35-33+/t46-/m1/s1. The molecule has 0 fully saturated rings. The second-order valence-corrected chi connectivity index (χ2v) is 17.8. The molecule has 0 saturated carbocycles. The Bertz CT molecular complexity index is 1170. The van der Waals surface area contributed by atoms with E-state index in [2.05, 4.69) is 68.5 Å². The number of likely N-dealkylation sites (N-methyl/N-ethyl adjacent to an activating group) is 1. The van der Waals surface area contributed by atoms with Crippen molar-refractivity contribution in [3.05, 3.63) is 60.8 Å². The summed E-state index contributed by atoms with van der Waals surface area (Å²) in [5.74, 6) is -0.922. The van der Waals surface area contributed by atoms with Gasteiger partial charge >= 0.3 is 11.9 Å². The van der Waals surface area contributed by atoms with Gasteiger partial charge in [0.15, 0.2) is 6.10 Å². The molecule has 0 N–H and O–H groups in total. The smallest absolute Gasteiger partial charge is 0.306 e. The first-order chi connectivity index (χ1) is 28.0. The van der Waals surface area contributed by atoms with E-state index >= 15 is 0 Å². The average molecular weight is 836 g/mol. The van der Waals surface area contributed by atoms with Crippen molar-refractivity contribution in [1.82, 2.24) is 0 Å². The molecule has 9 nitrogen and oxygen atoms in total. The lowest BCUT2D eigenvalue weighted by molar-refractivity contribution is -0.870. The third-order valence-corrected chi connectivity index (χ3v) is 10.5. The van der Waals surface area contributed by atoms with Gasteiger partial charge < -0.3 is 27.9 Å². The van der Waals surface area contributed by atoms with Gasteiger partial charge in [0.05, 0.1) is 27.7 Å². The molecule has 2 atom stereocenters. The van der Waals surface area contributed by atoms with E-state index in [1.54, 1.807) is 0 Å². The Kier molecular flexibility index (Phi) is 38.5. The highest BCUT2D eigenvalue weighted by Crippen LogP contribution is 2.38. The summed E-state index contributed by atoms with van der Waals surface area (Å²) >= 11 is 0. The number of carbonyl (C=O) groups excluding carboxylic acids is 2. The van der Waals surface area contributed by atoms with Crippen molar-refractivity contribution in [2.75, 3.05) is 47.5 Å². The van der Waals surface area contributed by atoms with Crippen LogP contribution in [0.1, 0.15) is 181 Å². The van der Waals surface area contributed by atoms with Crippen LogP contribution in [0.3, 0.4) is 0 Å². The quantitative estimate of drug-likeness (QED) is 0.0197. The number of phosphoric acid groups is 1. The maximum Gasteiger partial charge on any atom is 0.306 e. The van der Waals surface area contributed by atoms with Crippen LogP contribution in [0.15, 0.2) is 60.8 Å². The van der Waals surface area contributed by atoms with Crippen molar-refractivity contribution >= 4 is 19.8 Å². The molecule has 58 heavy (non-hydrogen) atoms. The zero-order valence-corrected chi connectivity index (χ0v) is 38.6. The first-order valence-electron chi connectivity index (χ1n) is 23.0. The number of nitrogens with zero attached hydrogens (tertiary/aromatic N) is 1. The fourth-order valence-corrected chi connectivity index (χ4v) is 6.60. The second-order valence-electron chi connectivity index (χ2n) is 16.4. The summed E-state index contributed by atoms with van der Waals surface area (Å²) in [6, 6.07) is 0. The number of hydrogen-bond donors (Lipinski definition) is 0. The molecule has 0 aliphatic heterocycles. The van der Waals surface area contributed by atoms with E-state index in [4.69, 9.17) is 18.5 Å². The van der Waals surface area contributed by atoms with Crippen molar-refractivity contribution < 1.29 is 42.1 Å². The monoisotopic (exact) mass is 836 g/mol. The van der Waals surface area contributed by atoms with Crippen LogP contribution in [0, 0.1) is 0 Å². The summed E-state index contributed by atoms with van der Waals surface area (Å²) < 4.78 is 33.8. The molecule has 0 aromatic rings. The van der Waals surface area contributed by atoms with Crippen LogP contribution in [-0.4, -0.2) is 70.0 Å². The van der Waals surface area contributed by atoms with Crippen LogP contribution >= 0.6 is 7.82 Å². The number of allylic oxidation sites excluding steroid dienone is 10. The van der Waals surface area contributed by atoms with E-state index in [1.807, 2.05) is 27.2 Å². The van der Waals surface area contributed by atoms with Gasteiger partial charge in [-0.3, -0.25) is 14.2 Å². The molecule has 0 aromatic carbocycles. The van der Waals surface area contributed by atoms with Gasteiger partial charge in [-0.05, 0) is 77.0 Å². The zero-order chi connectivity index (χ0) is 42.8. The summed E-state index contributed by atoms with van der Waals surface area (Å²) in [7, 11) is 1.12. The number of esters is 2. The first-order valence-corrected chi connectivity index (χ1v) is 24.5. The van der Waals surface area contributed by atoms with Gasteiger partial charge in [-0.15, -0.1) is 0 Å². The first kappa shape index (κ1) is 55.7. The maximum absolute atomic E-state index is 12.7. The van der Waals surface area contributed by atoms with Gasteiger partial charge in [-0.2, -0.15) is 0 Å². The number of carbonyl (C=O) groups is 2. The lowest BCUT2D eigenvalue weighted by Gasteiger charge is -2.28. The maximum atomic E-state index is 12.7. The van der Waals surface area contributed by atoms with Crippen LogP contribution in [0.25, 0.3) is 0 Å². The minimum absolute atomic E-state index is 0.0454. The Morgan fingerprint density at radius 3 is 1.45 bits per heavy atom. The minimum atomic E-state index is -4.64. The Morgan fingerprint density at radius 2 is 0.948 bits per heavy atom. The molecular weight excluding hydrogens is 750 g/mol. The summed E-state index contributed by atoms with van der Waals surface area (Å²) in [5, 5.41) is 0. The summed E-state index contributed by atoms with van der Waals surface area (Å²) in [5.41, 5.74) is 0. The largest absolute Gasteiger partial charge is 0.756 e. The lowest BCUT2D eigenvalue weighted by Crippen LogP contribution is -2.37. The topological polar surface area (TPSA) is 111 Å². The number of hydrogen-bond acceptors (Lipinski definition) is 8. The highest BCUT2D eigenvalue weighted by molar-refractivity contribution is 7.45. The van der Waals surface area contributed by atoms with Gasteiger partial charge in [-0.1, -0.05) is 152 Å². The van der Waals surface area contributed by atoms with E-state index < -0.39 is 32.5 Å². The Morgan fingerprint density at radius 1 is 0.534 bits per heavy atom. The number of rotatable bonds is 41. The highest BCUT2D eigenvalue weighted by Gasteiger charge is 2.21. The van der Waals surface area contributed by atoms with Gasteiger partial charge in [0.1, 0.15) is 19.8 Å². The van der Waals surface area contributed by atoms with Gasteiger partial charge in [0.2, 0.25) is 0 Å². The van der Waals surface area contributed by atoms with E-state index in [0.29, 0.717) is 30.3 Å². The normalized spacial score (nSPS) is 14.1. The van der Waals surface area contributed by atoms with E-state index in [9.17, 15) is 19.0 Å². The molecular formula is C48H86NO8P. The molecule has 0 amide bonds. The minimum Gasteiger partial charge on any atom is -0.756 e. The third-order valence-electron chi connectivity index (χ3n) is 9.51. The zero-order valence-electron chi connectivity index (χ0n) is 37.7. The van der Waals surface area contributed by atoms with E-state index in [-0.39, 0.29) is 26.1 Å². The van der Waals surface area contributed by atoms with Crippen molar-refractivity contribution in [3.8, 4) is 0 Å². The van der Waals surface area contributed by atoms with Crippen LogP contribution in [0.5, 0.6) is 0 Å². The van der Waals surface area contributed by atoms with Gasteiger partial charge in [0, 0.05) is 12.8 Å². The van der Waals surface area contributed by atoms with E-state index in [0.717, 1.165) is 44.9 Å². The molecule has 0 aliphatic carbocycles. The predicted molar refractivity (Wildman–Crippen MR) is 240 cm³/mol. The molecule has 0 bridgehead atoms. The Balaban J connectivity index is 4.45. The summed E-state index contributed by atoms with van der Waals surface area (Å²) in [6.07, 6.45) is 48.3. The molecule has 0 aromatic heterocycles. The fraction of sp³-hybridized carbons (Fsp3) is 0.750. The highest BCUT2D eigenvalue weighted by atomic mass is 31.2. The van der Waals surface area contributed by atoms with Crippen molar-refractivity contribution in [2.24, 2.45) is 0 Å². The summed E-state index contributed by atoms with van der Waals surface area (Å²) in [4.78, 5) is 37.5. The molecule has 336 valence electrons. The average Bonchev–Trinajstić information content (AvgIpc) is 3.17. The fourth-order valence-electron chi connectivity index (χ4n) is 5.88. The molecule has 10 heteroatoms. The molecule has 0 rings (SSSR count). The van der Waals surface area contributed by atoms with Crippen molar-refractivity contribution in [2.45, 2.75) is 187 Å².